The van der Waals surface area contributed by atoms with E-state index < -0.39 is 0 Å². The summed E-state index contributed by atoms with van der Waals surface area (Å²) in [5.74, 6) is 6.66. The van der Waals surface area contributed by atoms with Crippen LogP contribution in [0.25, 0.3) is 0 Å². The summed E-state index contributed by atoms with van der Waals surface area (Å²) in [5, 5.41) is 8.71. The Balaban J connectivity index is 2.25. The summed E-state index contributed by atoms with van der Waals surface area (Å²) < 4.78 is 5.66. The van der Waals surface area contributed by atoms with Crippen LogP contribution in [-0.4, -0.2) is 31.3 Å². The molecule has 20 heavy (non-hydrogen) atoms. The van der Waals surface area contributed by atoms with Gasteiger partial charge in [0.05, 0.1) is 18.2 Å². The van der Waals surface area contributed by atoms with E-state index in [0.29, 0.717) is 25.2 Å². The molecule has 0 saturated heterocycles. The molecule has 0 unspecified atom stereocenters. The molecule has 1 aliphatic heterocycles. The molecule has 106 valence electrons. The van der Waals surface area contributed by atoms with E-state index >= 15 is 0 Å². The molecule has 4 heteroatoms. The highest BCUT2D eigenvalue weighted by Gasteiger charge is 2.25. The predicted molar refractivity (Wildman–Crippen MR) is 77.7 cm³/mol. The zero-order chi connectivity index (χ0) is 14.5. The number of ether oxygens (including phenoxy) is 1. The van der Waals surface area contributed by atoms with E-state index in [0.717, 1.165) is 11.3 Å². The summed E-state index contributed by atoms with van der Waals surface area (Å²) in [7, 11) is 1.76. The van der Waals surface area contributed by atoms with Gasteiger partial charge in [0.25, 0.3) is 0 Å². The Morgan fingerprint density at radius 3 is 3.05 bits per heavy atom. The monoisotopic (exact) mass is 273 g/mol. The van der Waals surface area contributed by atoms with Gasteiger partial charge in [0.15, 0.2) is 0 Å². The Bertz CT molecular complexity index is 557. The van der Waals surface area contributed by atoms with Crippen LogP contribution in [0.4, 0.5) is 5.69 Å². The molecule has 0 saturated carbocycles. The van der Waals surface area contributed by atoms with Crippen LogP contribution in [0.5, 0.6) is 5.75 Å². The quantitative estimate of drug-likeness (QED) is 0.660. The van der Waals surface area contributed by atoms with Crippen molar-refractivity contribution in [2.24, 2.45) is 5.92 Å². The van der Waals surface area contributed by atoms with Gasteiger partial charge in [0.1, 0.15) is 5.75 Å². The van der Waals surface area contributed by atoms with Crippen molar-refractivity contribution in [2.45, 2.75) is 19.8 Å². The molecule has 0 aromatic heterocycles. The summed E-state index contributed by atoms with van der Waals surface area (Å²) in [6, 6.07) is 5.61. The molecule has 0 bridgehead atoms. The molecule has 1 aromatic carbocycles. The van der Waals surface area contributed by atoms with Gasteiger partial charge >= 0.3 is 0 Å². The highest BCUT2D eigenvalue weighted by Crippen LogP contribution is 2.32. The van der Waals surface area contributed by atoms with E-state index in [1.807, 2.05) is 25.1 Å². The zero-order valence-electron chi connectivity index (χ0n) is 11.8. The van der Waals surface area contributed by atoms with Crippen molar-refractivity contribution >= 4 is 11.6 Å². The number of aliphatic hydroxyl groups is 1. The number of nitrogens with zero attached hydrogens (tertiary/aromatic N) is 1. The average molecular weight is 273 g/mol. The van der Waals surface area contributed by atoms with Gasteiger partial charge in [-0.3, -0.25) is 4.79 Å². The van der Waals surface area contributed by atoms with Gasteiger partial charge in [0, 0.05) is 25.6 Å². The fraction of sp³-hybridized carbons (Fsp3) is 0.438. The first-order valence-electron chi connectivity index (χ1n) is 6.77. The standard InChI is InChI=1S/C16H19NO3/c1-12-11-20-15-8-7-13(6-4-3-5-9-18)10-14(15)17(2)16(12)19/h7-8,10,12,18H,3,5,9,11H2,1-2H3/t12-/m0/s1. The van der Waals surface area contributed by atoms with Crippen LogP contribution < -0.4 is 9.64 Å². The number of fused-ring (bicyclic) bond motifs is 1. The maximum Gasteiger partial charge on any atom is 0.233 e. The number of rotatable bonds is 2. The van der Waals surface area contributed by atoms with E-state index in [9.17, 15) is 4.79 Å². The second-order valence-electron chi connectivity index (χ2n) is 4.92. The molecule has 4 nitrogen and oxygen atoms in total. The normalized spacial score (nSPS) is 17.6. The molecule has 0 aliphatic carbocycles. The molecule has 0 radical (unpaired) electrons. The van der Waals surface area contributed by atoms with Gasteiger partial charge in [-0.25, -0.2) is 0 Å². The van der Waals surface area contributed by atoms with Crippen molar-refractivity contribution in [3.8, 4) is 17.6 Å². The van der Waals surface area contributed by atoms with E-state index in [1.54, 1.807) is 11.9 Å². The molecular formula is C16H19NO3. The van der Waals surface area contributed by atoms with Gasteiger partial charge in [-0.2, -0.15) is 0 Å². The van der Waals surface area contributed by atoms with Crippen LogP contribution in [0.3, 0.4) is 0 Å². The van der Waals surface area contributed by atoms with Crippen molar-refractivity contribution in [3.63, 3.8) is 0 Å². The number of amides is 1. The van der Waals surface area contributed by atoms with Crippen LogP contribution in [0, 0.1) is 17.8 Å². The smallest absolute Gasteiger partial charge is 0.233 e. The first-order valence-corrected chi connectivity index (χ1v) is 6.77. The lowest BCUT2D eigenvalue weighted by atomic mass is 10.1. The molecular weight excluding hydrogens is 254 g/mol. The Labute approximate surface area is 119 Å². The number of aliphatic hydroxyl groups excluding tert-OH is 1. The van der Waals surface area contributed by atoms with Crippen LogP contribution >= 0.6 is 0 Å². The molecule has 1 N–H and O–H groups in total. The molecule has 2 rings (SSSR count). The number of carbonyl (C=O) groups excluding carboxylic acids is 1. The number of benzene rings is 1. The minimum Gasteiger partial charge on any atom is -0.491 e. The lowest BCUT2D eigenvalue weighted by molar-refractivity contribution is -0.122. The second kappa shape index (κ2) is 6.44. The zero-order valence-corrected chi connectivity index (χ0v) is 11.8. The third kappa shape index (κ3) is 3.12. The highest BCUT2D eigenvalue weighted by molar-refractivity contribution is 5.96. The number of hydrogen-bond acceptors (Lipinski definition) is 3. The maximum absolute atomic E-state index is 12.1. The number of hydrogen-bond donors (Lipinski definition) is 1. The Morgan fingerprint density at radius 1 is 1.50 bits per heavy atom. The van der Waals surface area contributed by atoms with E-state index in [4.69, 9.17) is 9.84 Å². The van der Waals surface area contributed by atoms with Gasteiger partial charge in [-0.15, -0.1) is 0 Å². The summed E-state index contributed by atoms with van der Waals surface area (Å²) in [4.78, 5) is 13.7. The van der Waals surface area contributed by atoms with E-state index in [2.05, 4.69) is 11.8 Å². The molecule has 0 spiro atoms. The predicted octanol–water partition coefficient (Wildman–Crippen LogP) is 1.80. The van der Waals surface area contributed by atoms with Crippen molar-refractivity contribution < 1.29 is 14.6 Å². The lowest BCUT2D eigenvalue weighted by Gasteiger charge is -2.17. The second-order valence-corrected chi connectivity index (χ2v) is 4.92. The fourth-order valence-corrected chi connectivity index (χ4v) is 2.05. The van der Waals surface area contributed by atoms with Gasteiger partial charge in [-0.05, 0) is 24.6 Å². The Kier molecular flexibility index (Phi) is 4.65. The van der Waals surface area contributed by atoms with Crippen molar-refractivity contribution in [1.82, 2.24) is 0 Å². The lowest BCUT2D eigenvalue weighted by Crippen LogP contribution is -2.31. The van der Waals surface area contributed by atoms with Gasteiger partial charge in [0.2, 0.25) is 5.91 Å². The first kappa shape index (κ1) is 14.4. The Hall–Kier alpha value is -1.99. The molecule has 1 aromatic rings. The van der Waals surface area contributed by atoms with Gasteiger partial charge in [-0.1, -0.05) is 18.8 Å². The van der Waals surface area contributed by atoms with E-state index in [-0.39, 0.29) is 18.4 Å². The summed E-state index contributed by atoms with van der Waals surface area (Å²) in [6.07, 6.45) is 1.34. The van der Waals surface area contributed by atoms with Crippen LogP contribution in [0.15, 0.2) is 18.2 Å². The third-order valence-electron chi connectivity index (χ3n) is 3.25. The van der Waals surface area contributed by atoms with E-state index in [1.165, 1.54) is 0 Å². The minimum atomic E-state index is -0.147. The van der Waals surface area contributed by atoms with Crippen LogP contribution in [-0.2, 0) is 4.79 Å². The summed E-state index contributed by atoms with van der Waals surface area (Å²) >= 11 is 0. The van der Waals surface area contributed by atoms with Crippen LogP contribution in [0.2, 0.25) is 0 Å². The highest BCUT2D eigenvalue weighted by atomic mass is 16.5. The SMILES string of the molecule is C[C@H]1COc2ccc(C#CCCCO)cc2N(C)C1=O. The van der Waals surface area contributed by atoms with Crippen LogP contribution in [0.1, 0.15) is 25.3 Å². The van der Waals surface area contributed by atoms with Crippen molar-refractivity contribution in [1.29, 1.82) is 0 Å². The topological polar surface area (TPSA) is 49.8 Å². The average Bonchev–Trinajstić information content (AvgIpc) is 2.57. The van der Waals surface area contributed by atoms with Crippen molar-refractivity contribution in [2.75, 3.05) is 25.2 Å². The summed E-state index contributed by atoms with van der Waals surface area (Å²) in [6.45, 7) is 2.42. The number of carbonyl (C=O) groups is 1. The Morgan fingerprint density at radius 2 is 2.30 bits per heavy atom. The molecule has 0 fully saturated rings. The molecule has 1 heterocycles. The minimum absolute atomic E-state index is 0.0501. The van der Waals surface area contributed by atoms with Gasteiger partial charge < -0.3 is 14.7 Å². The maximum atomic E-state index is 12.1. The first-order chi connectivity index (χ1) is 9.63. The summed E-state index contributed by atoms with van der Waals surface area (Å²) in [5.41, 5.74) is 1.60. The third-order valence-corrected chi connectivity index (χ3v) is 3.25. The largest absolute Gasteiger partial charge is 0.491 e. The number of anilines is 1. The number of unbranched alkanes of at least 4 members (excludes halogenated alkanes) is 1. The molecule has 1 amide bonds. The van der Waals surface area contributed by atoms with Crippen molar-refractivity contribution in [3.05, 3.63) is 23.8 Å². The molecule has 1 aliphatic rings. The fourth-order valence-electron chi connectivity index (χ4n) is 2.05. The molecule has 1 atom stereocenters.